The standard InChI is InChI=1S/C17H28O4/c1-12(16(18)19)13(2)17(3,20-14-8-4-5-9-14)21-15-10-6-7-11-15/h14-15H,4-11H2,1-3H3,(H,18,19). The van der Waals surface area contributed by atoms with Crippen LogP contribution in [-0.4, -0.2) is 29.1 Å². The molecule has 2 saturated carbocycles. The molecule has 4 heteroatoms. The van der Waals surface area contributed by atoms with Gasteiger partial charge in [0.2, 0.25) is 0 Å². The van der Waals surface area contributed by atoms with Crippen LogP contribution in [0, 0.1) is 0 Å². The van der Waals surface area contributed by atoms with E-state index in [1.165, 1.54) is 25.7 Å². The molecule has 120 valence electrons. The number of carboxylic acids is 1. The fourth-order valence-electron chi connectivity index (χ4n) is 3.35. The summed E-state index contributed by atoms with van der Waals surface area (Å²) in [6.07, 6.45) is 9.30. The number of ether oxygens (including phenoxy) is 2. The van der Waals surface area contributed by atoms with Gasteiger partial charge in [-0.05, 0) is 52.0 Å². The molecule has 0 spiro atoms. The van der Waals surface area contributed by atoms with Gasteiger partial charge in [-0.1, -0.05) is 25.7 Å². The van der Waals surface area contributed by atoms with Gasteiger partial charge in [-0.15, -0.1) is 0 Å². The molecule has 2 rings (SSSR count). The molecule has 2 aliphatic rings. The molecule has 0 bridgehead atoms. The van der Waals surface area contributed by atoms with E-state index in [0.29, 0.717) is 11.1 Å². The molecule has 0 aromatic carbocycles. The summed E-state index contributed by atoms with van der Waals surface area (Å²) in [4.78, 5) is 11.3. The van der Waals surface area contributed by atoms with Crippen LogP contribution < -0.4 is 0 Å². The Balaban J connectivity index is 2.18. The normalized spacial score (nSPS) is 22.6. The Morgan fingerprint density at radius 1 is 0.952 bits per heavy atom. The Morgan fingerprint density at radius 3 is 1.67 bits per heavy atom. The van der Waals surface area contributed by atoms with Crippen LogP contribution in [0.4, 0.5) is 0 Å². The van der Waals surface area contributed by atoms with Crippen LogP contribution in [0.25, 0.3) is 0 Å². The summed E-state index contributed by atoms with van der Waals surface area (Å²) in [5.41, 5.74) is 1.02. The smallest absolute Gasteiger partial charge is 0.331 e. The lowest BCUT2D eigenvalue weighted by atomic mass is 10.0. The monoisotopic (exact) mass is 296 g/mol. The third-order valence-corrected chi connectivity index (χ3v) is 4.95. The largest absolute Gasteiger partial charge is 0.478 e. The predicted molar refractivity (Wildman–Crippen MR) is 81.1 cm³/mol. The third-order valence-electron chi connectivity index (χ3n) is 4.95. The molecule has 0 atom stereocenters. The van der Waals surface area contributed by atoms with Gasteiger partial charge in [-0.25, -0.2) is 4.79 Å². The van der Waals surface area contributed by atoms with E-state index in [0.717, 1.165) is 25.7 Å². The third kappa shape index (κ3) is 4.07. The molecular weight excluding hydrogens is 268 g/mol. The van der Waals surface area contributed by atoms with Crippen molar-refractivity contribution in [2.45, 2.75) is 90.1 Å². The Hall–Kier alpha value is -0.870. The topological polar surface area (TPSA) is 55.8 Å². The highest BCUT2D eigenvalue weighted by molar-refractivity contribution is 5.87. The van der Waals surface area contributed by atoms with E-state index in [1.54, 1.807) is 6.92 Å². The van der Waals surface area contributed by atoms with Crippen molar-refractivity contribution in [1.29, 1.82) is 0 Å². The number of rotatable bonds is 6. The average molecular weight is 296 g/mol. The highest BCUT2D eigenvalue weighted by atomic mass is 16.7. The summed E-state index contributed by atoms with van der Waals surface area (Å²) < 4.78 is 12.5. The maximum Gasteiger partial charge on any atom is 0.331 e. The second-order valence-electron chi connectivity index (χ2n) is 6.55. The number of hydrogen-bond donors (Lipinski definition) is 1. The molecule has 0 radical (unpaired) electrons. The molecule has 21 heavy (non-hydrogen) atoms. The lowest BCUT2D eigenvalue weighted by Crippen LogP contribution is -2.41. The van der Waals surface area contributed by atoms with Crippen LogP contribution in [0.1, 0.15) is 72.1 Å². The Labute approximate surface area is 127 Å². The van der Waals surface area contributed by atoms with Crippen LogP contribution in [0.3, 0.4) is 0 Å². The van der Waals surface area contributed by atoms with Crippen LogP contribution in [0.5, 0.6) is 0 Å². The molecule has 2 fully saturated rings. The van der Waals surface area contributed by atoms with Gasteiger partial charge in [0.1, 0.15) is 0 Å². The quantitative estimate of drug-likeness (QED) is 0.593. The molecule has 2 aliphatic carbocycles. The van der Waals surface area contributed by atoms with Gasteiger partial charge in [-0.3, -0.25) is 0 Å². The molecule has 4 nitrogen and oxygen atoms in total. The molecular formula is C17H28O4. The summed E-state index contributed by atoms with van der Waals surface area (Å²) in [5, 5.41) is 9.27. The van der Waals surface area contributed by atoms with E-state index in [2.05, 4.69) is 0 Å². The molecule has 0 amide bonds. The highest BCUT2D eigenvalue weighted by Crippen LogP contribution is 2.36. The first-order chi connectivity index (χ1) is 9.92. The SMILES string of the molecule is CC(C(=O)O)=C(C)C(C)(OC1CCCC1)OC1CCCC1. The lowest BCUT2D eigenvalue weighted by Gasteiger charge is -2.36. The zero-order valence-corrected chi connectivity index (χ0v) is 13.5. The highest BCUT2D eigenvalue weighted by Gasteiger charge is 2.38. The number of hydrogen-bond acceptors (Lipinski definition) is 3. The van der Waals surface area contributed by atoms with Crippen LogP contribution in [-0.2, 0) is 14.3 Å². The molecule has 0 aliphatic heterocycles. The minimum Gasteiger partial charge on any atom is -0.478 e. The van der Waals surface area contributed by atoms with Crippen molar-refractivity contribution in [2.75, 3.05) is 0 Å². The molecule has 0 heterocycles. The Morgan fingerprint density at radius 2 is 1.33 bits per heavy atom. The summed E-state index contributed by atoms with van der Waals surface area (Å²) in [6, 6.07) is 0. The number of carbonyl (C=O) groups is 1. The van der Waals surface area contributed by atoms with Gasteiger partial charge in [-0.2, -0.15) is 0 Å². The fraction of sp³-hybridized carbons (Fsp3) is 0.824. The molecule has 0 aromatic heterocycles. The maximum atomic E-state index is 11.3. The first-order valence-electron chi connectivity index (χ1n) is 8.19. The van der Waals surface area contributed by atoms with Gasteiger partial charge < -0.3 is 14.6 Å². The number of aliphatic carboxylic acids is 1. The van der Waals surface area contributed by atoms with Crippen LogP contribution in [0.2, 0.25) is 0 Å². The van der Waals surface area contributed by atoms with Gasteiger partial charge in [0.25, 0.3) is 0 Å². The predicted octanol–water partition coefficient (Wildman–Crippen LogP) is 4.04. The van der Waals surface area contributed by atoms with Crippen molar-refractivity contribution in [2.24, 2.45) is 0 Å². The minimum absolute atomic E-state index is 0.188. The van der Waals surface area contributed by atoms with Gasteiger partial charge in [0.15, 0.2) is 5.79 Å². The van der Waals surface area contributed by atoms with E-state index in [1.807, 2.05) is 13.8 Å². The fourth-order valence-corrected chi connectivity index (χ4v) is 3.35. The summed E-state index contributed by atoms with van der Waals surface area (Å²) in [5.74, 6) is -1.81. The van der Waals surface area contributed by atoms with E-state index in [9.17, 15) is 9.90 Å². The first kappa shape index (κ1) is 16.5. The zero-order chi connectivity index (χ0) is 15.5. The Kier molecular flexibility index (Phi) is 5.44. The van der Waals surface area contributed by atoms with Gasteiger partial charge in [0, 0.05) is 5.57 Å². The zero-order valence-electron chi connectivity index (χ0n) is 13.5. The van der Waals surface area contributed by atoms with Crippen molar-refractivity contribution in [3.8, 4) is 0 Å². The van der Waals surface area contributed by atoms with Crippen molar-refractivity contribution in [1.82, 2.24) is 0 Å². The van der Waals surface area contributed by atoms with Gasteiger partial charge >= 0.3 is 5.97 Å². The second-order valence-corrected chi connectivity index (χ2v) is 6.55. The number of carboxylic acid groups (broad SMARTS) is 1. The summed E-state index contributed by atoms with van der Waals surface area (Å²) in [6.45, 7) is 5.35. The minimum atomic E-state index is -0.910. The van der Waals surface area contributed by atoms with Gasteiger partial charge in [0.05, 0.1) is 12.2 Å². The average Bonchev–Trinajstić information content (AvgIpc) is 3.10. The lowest BCUT2D eigenvalue weighted by molar-refractivity contribution is -0.243. The summed E-state index contributed by atoms with van der Waals surface area (Å²) >= 11 is 0. The van der Waals surface area contributed by atoms with Crippen molar-refractivity contribution < 1.29 is 19.4 Å². The van der Waals surface area contributed by atoms with E-state index in [-0.39, 0.29) is 12.2 Å². The molecule has 0 unspecified atom stereocenters. The van der Waals surface area contributed by atoms with E-state index < -0.39 is 11.8 Å². The summed E-state index contributed by atoms with van der Waals surface area (Å²) in [7, 11) is 0. The second kappa shape index (κ2) is 6.93. The van der Waals surface area contributed by atoms with Crippen molar-refractivity contribution >= 4 is 5.97 Å². The Bertz CT molecular complexity index is 383. The van der Waals surface area contributed by atoms with Crippen LogP contribution in [0.15, 0.2) is 11.1 Å². The van der Waals surface area contributed by atoms with Crippen molar-refractivity contribution in [3.63, 3.8) is 0 Å². The van der Waals surface area contributed by atoms with E-state index in [4.69, 9.17) is 9.47 Å². The van der Waals surface area contributed by atoms with E-state index >= 15 is 0 Å². The van der Waals surface area contributed by atoms with Crippen LogP contribution >= 0.6 is 0 Å². The maximum absolute atomic E-state index is 11.3. The molecule has 1 N–H and O–H groups in total. The first-order valence-corrected chi connectivity index (χ1v) is 8.19. The van der Waals surface area contributed by atoms with Crippen molar-refractivity contribution in [3.05, 3.63) is 11.1 Å². The molecule has 0 saturated heterocycles. The molecule has 0 aromatic rings.